The van der Waals surface area contributed by atoms with Crippen molar-refractivity contribution in [3.63, 3.8) is 0 Å². The molecule has 0 spiro atoms. The van der Waals surface area contributed by atoms with Crippen LogP contribution in [0.25, 0.3) is 0 Å². The van der Waals surface area contributed by atoms with Gasteiger partial charge in [0.05, 0.1) is 5.69 Å². The van der Waals surface area contributed by atoms with Crippen LogP contribution in [0.2, 0.25) is 0 Å². The molecule has 0 bridgehead atoms. The molecule has 1 saturated carbocycles. The summed E-state index contributed by atoms with van der Waals surface area (Å²) < 4.78 is 5.85. The Morgan fingerprint density at radius 2 is 2.04 bits per heavy atom. The lowest BCUT2D eigenvalue weighted by molar-refractivity contribution is 0.301. The number of hydrogen-bond donors (Lipinski definition) is 2. The second kappa shape index (κ2) is 9.80. The molecule has 1 aliphatic carbocycles. The molecule has 1 heterocycles. The zero-order valence-corrected chi connectivity index (χ0v) is 15.4. The average Bonchev–Trinajstić information content (AvgIpc) is 2.71. The van der Waals surface area contributed by atoms with Gasteiger partial charge in [0.2, 0.25) is 0 Å². The Balaban J connectivity index is 1.49. The lowest BCUT2D eigenvalue weighted by atomic mass is 9.96. The number of hydrogen-bond acceptors (Lipinski definition) is 3. The molecule has 138 valence electrons. The van der Waals surface area contributed by atoms with Gasteiger partial charge in [-0.2, -0.15) is 0 Å². The number of ether oxygens (including phenoxy) is 1. The minimum Gasteiger partial charge on any atom is -0.487 e. The van der Waals surface area contributed by atoms with Crippen LogP contribution in [-0.4, -0.2) is 24.0 Å². The van der Waals surface area contributed by atoms with Gasteiger partial charge in [-0.1, -0.05) is 37.5 Å². The molecule has 2 N–H and O–H groups in total. The van der Waals surface area contributed by atoms with Gasteiger partial charge < -0.3 is 15.4 Å². The smallest absolute Gasteiger partial charge is 0.191 e. The third kappa shape index (κ3) is 5.76. The van der Waals surface area contributed by atoms with Crippen LogP contribution >= 0.6 is 0 Å². The summed E-state index contributed by atoms with van der Waals surface area (Å²) in [6.07, 6.45) is 8.23. The van der Waals surface area contributed by atoms with E-state index in [1.165, 1.54) is 32.1 Å². The first kappa shape index (κ1) is 18.2. The van der Waals surface area contributed by atoms with Crippen molar-refractivity contribution in [3.05, 3.63) is 59.9 Å². The first-order valence-corrected chi connectivity index (χ1v) is 9.42. The molecule has 2 aromatic rings. The molecule has 26 heavy (non-hydrogen) atoms. The third-order valence-electron chi connectivity index (χ3n) is 4.64. The highest BCUT2D eigenvalue weighted by Crippen LogP contribution is 2.17. The lowest BCUT2D eigenvalue weighted by Gasteiger charge is -2.24. The normalized spacial score (nSPS) is 15.5. The maximum Gasteiger partial charge on any atom is 0.191 e. The van der Waals surface area contributed by atoms with Crippen LogP contribution < -0.4 is 15.4 Å². The number of nitrogens with one attached hydrogen (secondary N) is 2. The monoisotopic (exact) mass is 352 g/mol. The minimum absolute atomic E-state index is 0.475. The van der Waals surface area contributed by atoms with E-state index >= 15 is 0 Å². The summed E-state index contributed by atoms with van der Waals surface area (Å²) in [6.45, 7) is 1.19. The van der Waals surface area contributed by atoms with Crippen LogP contribution in [-0.2, 0) is 13.2 Å². The second-order valence-electron chi connectivity index (χ2n) is 6.66. The molecule has 0 amide bonds. The molecule has 0 radical (unpaired) electrons. The van der Waals surface area contributed by atoms with Gasteiger partial charge in [-0.15, -0.1) is 0 Å². The Morgan fingerprint density at radius 3 is 2.81 bits per heavy atom. The zero-order chi connectivity index (χ0) is 18.0. The van der Waals surface area contributed by atoms with Crippen LogP contribution in [0.3, 0.4) is 0 Å². The van der Waals surface area contributed by atoms with Gasteiger partial charge in [0.15, 0.2) is 5.96 Å². The molecule has 0 saturated heterocycles. The maximum absolute atomic E-state index is 5.85. The molecule has 1 fully saturated rings. The van der Waals surface area contributed by atoms with E-state index in [-0.39, 0.29) is 0 Å². The average molecular weight is 352 g/mol. The number of benzene rings is 1. The first-order chi connectivity index (χ1) is 12.8. The van der Waals surface area contributed by atoms with Gasteiger partial charge in [0.1, 0.15) is 12.4 Å². The van der Waals surface area contributed by atoms with E-state index < -0.39 is 0 Å². The fraction of sp³-hybridized carbons (Fsp3) is 0.429. The second-order valence-corrected chi connectivity index (χ2v) is 6.66. The highest BCUT2D eigenvalue weighted by atomic mass is 16.5. The molecule has 1 aromatic heterocycles. The third-order valence-corrected chi connectivity index (χ3v) is 4.64. The van der Waals surface area contributed by atoms with Crippen LogP contribution in [0.5, 0.6) is 5.75 Å². The number of aromatic nitrogens is 1. The summed E-state index contributed by atoms with van der Waals surface area (Å²) in [5, 5.41) is 6.94. The Hall–Kier alpha value is -2.56. The maximum atomic E-state index is 5.85. The van der Waals surface area contributed by atoms with Crippen molar-refractivity contribution >= 4 is 5.96 Å². The summed E-state index contributed by atoms with van der Waals surface area (Å²) in [5.41, 5.74) is 2.09. The summed E-state index contributed by atoms with van der Waals surface area (Å²) in [5.74, 6) is 1.72. The van der Waals surface area contributed by atoms with Crippen molar-refractivity contribution in [2.45, 2.75) is 51.3 Å². The predicted molar refractivity (Wildman–Crippen MR) is 105 cm³/mol. The Kier molecular flexibility index (Phi) is 6.88. The molecule has 1 aromatic carbocycles. The number of aliphatic imine (C=N–C) groups is 1. The van der Waals surface area contributed by atoms with Gasteiger partial charge in [0, 0.05) is 25.8 Å². The van der Waals surface area contributed by atoms with E-state index in [4.69, 9.17) is 4.74 Å². The van der Waals surface area contributed by atoms with E-state index in [0.717, 1.165) is 23.0 Å². The molecule has 1 aliphatic rings. The predicted octanol–water partition coefficient (Wildman–Crippen LogP) is 3.66. The Morgan fingerprint density at radius 1 is 1.15 bits per heavy atom. The fourth-order valence-electron chi connectivity index (χ4n) is 3.21. The van der Waals surface area contributed by atoms with Crippen molar-refractivity contribution < 1.29 is 4.74 Å². The van der Waals surface area contributed by atoms with Crippen molar-refractivity contribution in [2.75, 3.05) is 7.05 Å². The summed E-state index contributed by atoms with van der Waals surface area (Å²) in [6, 6.07) is 14.5. The zero-order valence-electron chi connectivity index (χ0n) is 15.4. The van der Waals surface area contributed by atoms with E-state index in [1.807, 2.05) is 37.4 Å². The van der Waals surface area contributed by atoms with Gasteiger partial charge in [-0.3, -0.25) is 9.98 Å². The first-order valence-electron chi connectivity index (χ1n) is 9.42. The molecule has 0 atom stereocenters. The van der Waals surface area contributed by atoms with Crippen molar-refractivity contribution in [1.82, 2.24) is 15.6 Å². The van der Waals surface area contributed by atoms with Gasteiger partial charge >= 0.3 is 0 Å². The lowest BCUT2D eigenvalue weighted by Crippen LogP contribution is -2.43. The molecular formula is C21H28N4O. The largest absolute Gasteiger partial charge is 0.487 e. The quantitative estimate of drug-likeness (QED) is 0.615. The van der Waals surface area contributed by atoms with Crippen molar-refractivity contribution in [1.29, 1.82) is 0 Å². The van der Waals surface area contributed by atoms with Gasteiger partial charge in [-0.05, 0) is 42.7 Å². The molecule has 0 unspecified atom stereocenters. The highest BCUT2D eigenvalue weighted by Gasteiger charge is 2.14. The fourth-order valence-corrected chi connectivity index (χ4v) is 3.21. The van der Waals surface area contributed by atoms with E-state index in [0.29, 0.717) is 19.2 Å². The van der Waals surface area contributed by atoms with Crippen LogP contribution in [0.15, 0.2) is 53.7 Å². The van der Waals surface area contributed by atoms with Crippen LogP contribution in [0, 0.1) is 0 Å². The van der Waals surface area contributed by atoms with E-state index in [1.54, 1.807) is 6.20 Å². The van der Waals surface area contributed by atoms with Crippen LogP contribution in [0.4, 0.5) is 0 Å². The van der Waals surface area contributed by atoms with Crippen molar-refractivity contribution in [3.8, 4) is 5.75 Å². The topological polar surface area (TPSA) is 58.5 Å². The number of guanidine groups is 1. The molecule has 5 nitrogen and oxygen atoms in total. The molecule has 0 aliphatic heterocycles. The van der Waals surface area contributed by atoms with E-state index in [9.17, 15) is 0 Å². The van der Waals surface area contributed by atoms with Gasteiger partial charge in [-0.25, -0.2) is 0 Å². The Bertz CT molecular complexity index is 696. The van der Waals surface area contributed by atoms with Gasteiger partial charge in [0.25, 0.3) is 0 Å². The van der Waals surface area contributed by atoms with Crippen LogP contribution in [0.1, 0.15) is 43.4 Å². The van der Waals surface area contributed by atoms with Crippen molar-refractivity contribution in [2.24, 2.45) is 4.99 Å². The number of nitrogens with zero attached hydrogens (tertiary/aromatic N) is 2. The number of rotatable bonds is 6. The summed E-state index contributed by atoms with van der Waals surface area (Å²) >= 11 is 0. The SMILES string of the molecule is CN=C(NCc1cccc(OCc2ccccn2)c1)NC1CCCCC1. The molecular weight excluding hydrogens is 324 g/mol. The standard InChI is InChI=1S/C21H28N4O/c1-22-21(25-18-9-3-2-4-10-18)24-15-17-8-7-12-20(14-17)26-16-19-11-5-6-13-23-19/h5-8,11-14,18H,2-4,9-10,15-16H2,1H3,(H2,22,24,25). The minimum atomic E-state index is 0.475. The Labute approximate surface area is 155 Å². The summed E-state index contributed by atoms with van der Waals surface area (Å²) in [4.78, 5) is 8.63. The molecule has 3 rings (SSSR count). The molecule has 5 heteroatoms. The van der Waals surface area contributed by atoms with E-state index in [2.05, 4.69) is 32.7 Å². The number of pyridine rings is 1. The summed E-state index contributed by atoms with van der Waals surface area (Å²) in [7, 11) is 1.82. The highest BCUT2D eigenvalue weighted by molar-refractivity contribution is 5.79.